The largest absolute Gasteiger partial charge is 0.0879 e. The van der Waals surface area contributed by atoms with Gasteiger partial charge < -0.3 is 0 Å². The van der Waals surface area contributed by atoms with Gasteiger partial charge in [-0.2, -0.15) is 0 Å². The second kappa shape index (κ2) is 7.93. The molecule has 0 radical (unpaired) electrons. The summed E-state index contributed by atoms with van der Waals surface area (Å²) < 4.78 is 0. The Bertz CT molecular complexity index is 815. The van der Waals surface area contributed by atoms with Gasteiger partial charge in [-0.05, 0) is 59.7 Å². The van der Waals surface area contributed by atoms with Gasteiger partial charge in [0.15, 0.2) is 0 Å². The van der Waals surface area contributed by atoms with Crippen LogP contribution in [0.25, 0.3) is 5.57 Å². The number of aryl methyl sites for hydroxylation is 1. The molecular formula is C25H29P. The number of rotatable bonds is 4. The van der Waals surface area contributed by atoms with Gasteiger partial charge in [-0.15, -0.1) is 0 Å². The zero-order chi connectivity index (χ0) is 17.9. The molecule has 0 nitrogen and oxygen atoms in total. The molecule has 1 aliphatic heterocycles. The molecule has 0 saturated heterocycles. The minimum Gasteiger partial charge on any atom is -0.0879 e. The number of hydrogen-bond acceptors (Lipinski definition) is 0. The molecule has 0 fully saturated rings. The first kappa shape index (κ1) is 17.7. The van der Waals surface area contributed by atoms with E-state index >= 15 is 0 Å². The highest BCUT2D eigenvalue weighted by molar-refractivity contribution is 7.67. The molecule has 1 heteroatoms. The maximum atomic E-state index is 2.61. The Labute approximate surface area is 159 Å². The summed E-state index contributed by atoms with van der Waals surface area (Å²) in [5.41, 5.74) is 7.65. The average Bonchev–Trinajstić information content (AvgIpc) is 2.83. The van der Waals surface area contributed by atoms with Crippen LogP contribution in [0.1, 0.15) is 61.9 Å². The van der Waals surface area contributed by atoms with Crippen molar-refractivity contribution in [2.24, 2.45) is 0 Å². The Kier molecular flexibility index (Phi) is 5.41. The van der Waals surface area contributed by atoms with Gasteiger partial charge >= 0.3 is 0 Å². The van der Waals surface area contributed by atoms with Gasteiger partial charge in [-0.3, -0.25) is 0 Å². The molecular weight excluding hydrogens is 331 g/mol. The summed E-state index contributed by atoms with van der Waals surface area (Å²) in [5.74, 6) is 0. The van der Waals surface area contributed by atoms with Crippen LogP contribution >= 0.6 is 7.92 Å². The molecule has 0 spiro atoms. The van der Waals surface area contributed by atoms with Crippen molar-refractivity contribution in [2.45, 2.75) is 57.3 Å². The summed E-state index contributed by atoms with van der Waals surface area (Å²) in [4.78, 5) is 0. The highest BCUT2D eigenvalue weighted by Crippen LogP contribution is 2.62. The lowest BCUT2D eigenvalue weighted by Gasteiger charge is -2.35. The molecule has 3 unspecified atom stereocenters. The molecule has 0 amide bonds. The van der Waals surface area contributed by atoms with Crippen molar-refractivity contribution < 1.29 is 0 Å². The number of allylic oxidation sites excluding steroid dienone is 4. The van der Waals surface area contributed by atoms with E-state index in [0.29, 0.717) is 11.3 Å². The van der Waals surface area contributed by atoms with Gasteiger partial charge in [-0.25, -0.2) is 0 Å². The van der Waals surface area contributed by atoms with Crippen molar-refractivity contribution in [1.82, 2.24) is 0 Å². The minimum atomic E-state index is -0.279. The van der Waals surface area contributed by atoms with Crippen LogP contribution in [0.2, 0.25) is 0 Å². The fourth-order valence-electron chi connectivity index (χ4n) is 4.68. The van der Waals surface area contributed by atoms with E-state index in [1.165, 1.54) is 19.3 Å². The maximum absolute atomic E-state index is 2.61. The van der Waals surface area contributed by atoms with E-state index in [-0.39, 0.29) is 7.92 Å². The van der Waals surface area contributed by atoms with E-state index in [1.54, 1.807) is 27.6 Å². The lowest BCUT2D eigenvalue weighted by atomic mass is 9.85. The Hall–Kier alpha value is -1.65. The third kappa shape index (κ3) is 3.21. The van der Waals surface area contributed by atoms with Crippen LogP contribution in [0.3, 0.4) is 0 Å². The molecule has 26 heavy (non-hydrogen) atoms. The van der Waals surface area contributed by atoms with Crippen LogP contribution < -0.4 is 5.30 Å². The van der Waals surface area contributed by atoms with E-state index in [9.17, 15) is 0 Å². The second-order valence-corrected chi connectivity index (χ2v) is 9.95. The number of benzene rings is 2. The Morgan fingerprint density at radius 1 is 1.04 bits per heavy atom. The van der Waals surface area contributed by atoms with Crippen LogP contribution in [0, 0.1) is 0 Å². The molecule has 134 valence electrons. The molecule has 2 aromatic carbocycles. The summed E-state index contributed by atoms with van der Waals surface area (Å²) in [7, 11) is -0.279. The summed E-state index contributed by atoms with van der Waals surface area (Å²) >= 11 is 0. The Morgan fingerprint density at radius 2 is 1.88 bits per heavy atom. The fourth-order valence-corrected chi connectivity index (χ4v) is 8.01. The first-order valence-corrected chi connectivity index (χ1v) is 11.6. The highest BCUT2D eigenvalue weighted by atomic mass is 31.1. The van der Waals surface area contributed by atoms with E-state index in [1.807, 2.05) is 0 Å². The van der Waals surface area contributed by atoms with Gasteiger partial charge in [0.2, 0.25) is 0 Å². The molecule has 1 aliphatic carbocycles. The molecule has 4 rings (SSSR count). The van der Waals surface area contributed by atoms with Crippen LogP contribution in [-0.4, -0.2) is 5.66 Å². The molecule has 0 saturated carbocycles. The molecule has 1 heterocycles. The normalized spacial score (nSPS) is 24.8. The zero-order valence-electron chi connectivity index (χ0n) is 16.0. The second-order valence-electron chi connectivity index (χ2n) is 7.40. The van der Waals surface area contributed by atoms with E-state index in [0.717, 1.165) is 12.8 Å². The van der Waals surface area contributed by atoms with Crippen molar-refractivity contribution in [3.05, 3.63) is 83.4 Å². The standard InChI is InChI=1S/C25H29P/c1-3-5-13-22-18-19(4-2)23-16-9-11-20-12-10-17-24(25(20)23)26(22)21-14-7-6-8-15-21/h5-9,11,13-16,18,22,24H,3-4,10,12,17H2,1-2H3. The lowest BCUT2D eigenvalue weighted by molar-refractivity contribution is 0.666. The molecule has 2 aliphatic rings. The topological polar surface area (TPSA) is 0 Å². The molecule has 0 N–H and O–H groups in total. The molecule has 0 bridgehead atoms. The first-order valence-electron chi connectivity index (χ1n) is 10.2. The smallest absolute Gasteiger partial charge is 0.0202 e. The van der Waals surface area contributed by atoms with Gasteiger partial charge in [0, 0.05) is 11.3 Å². The zero-order valence-corrected chi connectivity index (χ0v) is 16.9. The van der Waals surface area contributed by atoms with E-state index in [4.69, 9.17) is 0 Å². The third-order valence-electron chi connectivity index (χ3n) is 5.83. The minimum absolute atomic E-state index is 0.279. The van der Waals surface area contributed by atoms with Gasteiger partial charge in [-0.1, -0.05) is 88.5 Å². The van der Waals surface area contributed by atoms with Gasteiger partial charge in [0.05, 0.1) is 0 Å². The van der Waals surface area contributed by atoms with Gasteiger partial charge in [0.1, 0.15) is 0 Å². The van der Waals surface area contributed by atoms with Crippen LogP contribution in [0.4, 0.5) is 0 Å². The van der Waals surface area contributed by atoms with E-state index in [2.05, 4.69) is 80.6 Å². The van der Waals surface area contributed by atoms with Crippen molar-refractivity contribution in [1.29, 1.82) is 0 Å². The lowest BCUT2D eigenvalue weighted by Crippen LogP contribution is -2.18. The predicted molar refractivity (Wildman–Crippen MR) is 117 cm³/mol. The van der Waals surface area contributed by atoms with Gasteiger partial charge in [0.25, 0.3) is 0 Å². The van der Waals surface area contributed by atoms with Crippen molar-refractivity contribution in [3.8, 4) is 0 Å². The third-order valence-corrected chi connectivity index (χ3v) is 8.88. The van der Waals surface area contributed by atoms with Crippen LogP contribution in [0.15, 0.2) is 66.8 Å². The Morgan fingerprint density at radius 3 is 2.65 bits per heavy atom. The molecule has 2 aromatic rings. The monoisotopic (exact) mass is 360 g/mol. The SMILES string of the molecule is CCC=CC1C=C(CC)c2cccc3c2C(CCC3)P1c1ccccc1. The highest BCUT2D eigenvalue weighted by Gasteiger charge is 2.36. The summed E-state index contributed by atoms with van der Waals surface area (Å²) in [5, 5.41) is 1.56. The van der Waals surface area contributed by atoms with Crippen LogP contribution in [0.5, 0.6) is 0 Å². The quantitative estimate of drug-likeness (QED) is 0.406. The predicted octanol–water partition coefficient (Wildman–Crippen LogP) is 7.01. The summed E-state index contributed by atoms with van der Waals surface area (Å²) in [6.45, 7) is 4.57. The average molecular weight is 360 g/mol. The maximum Gasteiger partial charge on any atom is 0.0202 e. The van der Waals surface area contributed by atoms with Crippen LogP contribution in [-0.2, 0) is 6.42 Å². The van der Waals surface area contributed by atoms with Crippen molar-refractivity contribution >= 4 is 18.8 Å². The first-order chi connectivity index (χ1) is 12.8. The van der Waals surface area contributed by atoms with Crippen molar-refractivity contribution in [2.75, 3.05) is 0 Å². The van der Waals surface area contributed by atoms with E-state index < -0.39 is 0 Å². The summed E-state index contributed by atoms with van der Waals surface area (Å²) in [6.07, 6.45) is 13.7. The fraction of sp³-hybridized carbons (Fsp3) is 0.360. The molecule has 0 aromatic heterocycles. The Balaban J connectivity index is 1.94. The van der Waals surface area contributed by atoms with Crippen molar-refractivity contribution in [3.63, 3.8) is 0 Å². The summed E-state index contributed by atoms with van der Waals surface area (Å²) in [6, 6.07) is 18.4. The molecule has 3 atom stereocenters. The number of hydrogen-bond donors (Lipinski definition) is 0.